The Kier molecular flexibility index (Phi) is 5.08. The predicted molar refractivity (Wildman–Crippen MR) is 94.0 cm³/mol. The first-order chi connectivity index (χ1) is 11.0. The highest BCUT2D eigenvalue weighted by Gasteiger charge is 2.29. The van der Waals surface area contributed by atoms with E-state index >= 15 is 0 Å². The van der Waals surface area contributed by atoms with Crippen molar-refractivity contribution < 1.29 is 4.79 Å². The molecule has 2 aromatic rings. The highest BCUT2D eigenvalue weighted by Crippen LogP contribution is 2.22. The van der Waals surface area contributed by atoms with Crippen molar-refractivity contribution in [3.05, 3.63) is 32.7 Å². The molecule has 0 N–H and O–H groups in total. The molecule has 3 heterocycles. The molecule has 0 spiro atoms. The second kappa shape index (κ2) is 7.07. The Morgan fingerprint density at radius 2 is 2.26 bits per heavy atom. The number of thiazole rings is 1. The van der Waals surface area contributed by atoms with Crippen LogP contribution in [0.3, 0.4) is 0 Å². The van der Waals surface area contributed by atoms with E-state index in [-0.39, 0.29) is 5.91 Å². The Morgan fingerprint density at radius 1 is 1.43 bits per heavy atom. The molecule has 1 amide bonds. The van der Waals surface area contributed by atoms with Crippen molar-refractivity contribution in [1.29, 1.82) is 0 Å². The van der Waals surface area contributed by atoms with Crippen molar-refractivity contribution >= 4 is 28.8 Å². The Labute approximate surface area is 145 Å². The zero-order valence-electron chi connectivity index (χ0n) is 13.8. The SMILES string of the molecule is Cc1nscc1C(=O)N1CCC(CN(C)Cc2scnc2C)C1. The van der Waals surface area contributed by atoms with Gasteiger partial charge in [0.05, 0.1) is 22.5 Å². The summed E-state index contributed by atoms with van der Waals surface area (Å²) in [5.74, 6) is 0.684. The fourth-order valence-electron chi connectivity index (χ4n) is 3.06. The van der Waals surface area contributed by atoms with Crippen LogP contribution in [0.25, 0.3) is 0 Å². The van der Waals surface area contributed by atoms with E-state index in [1.807, 2.05) is 22.7 Å². The van der Waals surface area contributed by atoms with Crippen molar-refractivity contribution in [1.82, 2.24) is 19.2 Å². The molecule has 1 atom stereocenters. The van der Waals surface area contributed by atoms with Gasteiger partial charge in [-0.15, -0.1) is 11.3 Å². The molecular weight excluding hydrogens is 328 g/mol. The van der Waals surface area contributed by atoms with E-state index in [0.717, 1.165) is 49.6 Å². The molecule has 0 saturated carbocycles. The molecule has 7 heteroatoms. The zero-order valence-corrected chi connectivity index (χ0v) is 15.4. The van der Waals surface area contributed by atoms with Gasteiger partial charge in [0.15, 0.2) is 0 Å². The standard InChI is InChI=1S/C16H22N4OS2/c1-11-14(9-23-18-11)16(21)20-5-4-13(7-20)6-19(3)8-15-12(2)17-10-22-15/h9-10,13H,4-8H2,1-3H3. The summed E-state index contributed by atoms with van der Waals surface area (Å²) in [5.41, 5.74) is 4.65. The molecule has 1 aliphatic heterocycles. The lowest BCUT2D eigenvalue weighted by molar-refractivity contribution is 0.0783. The van der Waals surface area contributed by atoms with E-state index in [9.17, 15) is 4.79 Å². The first kappa shape index (κ1) is 16.5. The van der Waals surface area contributed by atoms with E-state index < -0.39 is 0 Å². The minimum absolute atomic E-state index is 0.139. The molecule has 0 radical (unpaired) electrons. The van der Waals surface area contributed by atoms with Crippen LogP contribution in [0.1, 0.15) is 33.0 Å². The number of rotatable bonds is 5. The van der Waals surface area contributed by atoms with E-state index in [4.69, 9.17) is 0 Å². The molecule has 3 rings (SSSR count). The average Bonchev–Trinajstić information content (AvgIpc) is 3.22. The van der Waals surface area contributed by atoms with Gasteiger partial charge >= 0.3 is 0 Å². The van der Waals surface area contributed by atoms with Gasteiger partial charge in [-0.05, 0) is 44.8 Å². The third-order valence-corrected chi connectivity index (χ3v) is 6.02. The Balaban J connectivity index is 1.53. The van der Waals surface area contributed by atoms with Gasteiger partial charge in [0, 0.05) is 36.4 Å². The van der Waals surface area contributed by atoms with Gasteiger partial charge in [-0.3, -0.25) is 4.79 Å². The maximum Gasteiger partial charge on any atom is 0.256 e. The van der Waals surface area contributed by atoms with Crippen molar-refractivity contribution in [2.45, 2.75) is 26.8 Å². The van der Waals surface area contributed by atoms with Crippen LogP contribution in [0, 0.1) is 19.8 Å². The lowest BCUT2D eigenvalue weighted by atomic mass is 10.1. The Morgan fingerprint density at radius 3 is 2.91 bits per heavy atom. The number of likely N-dealkylation sites (tertiary alicyclic amines) is 1. The molecular formula is C16H22N4OS2. The number of aromatic nitrogens is 2. The van der Waals surface area contributed by atoms with Crippen LogP contribution in [0.5, 0.6) is 0 Å². The predicted octanol–water partition coefficient (Wildman–Crippen LogP) is 2.81. The molecule has 0 aliphatic carbocycles. The summed E-state index contributed by atoms with van der Waals surface area (Å²) in [6.07, 6.45) is 1.08. The summed E-state index contributed by atoms with van der Waals surface area (Å²) in [6.45, 7) is 7.62. The van der Waals surface area contributed by atoms with Gasteiger partial charge < -0.3 is 9.80 Å². The summed E-state index contributed by atoms with van der Waals surface area (Å²) in [4.78, 5) is 22.5. The lowest BCUT2D eigenvalue weighted by Gasteiger charge is -2.21. The Bertz CT molecular complexity index is 681. The molecule has 1 saturated heterocycles. The van der Waals surface area contributed by atoms with Crippen LogP contribution in [0.2, 0.25) is 0 Å². The first-order valence-electron chi connectivity index (χ1n) is 7.82. The smallest absolute Gasteiger partial charge is 0.256 e. The highest BCUT2D eigenvalue weighted by molar-refractivity contribution is 7.09. The fourth-order valence-corrected chi connectivity index (χ4v) is 4.60. The molecule has 0 aromatic carbocycles. The summed E-state index contributed by atoms with van der Waals surface area (Å²) >= 11 is 3.08. The lowest BCUT2D eigenvalue weighted by Crippen LogP contribution is -2.31. The quantitative estimate of drug-likeness (QED) is 0.832. The van der Waals surface area contributed by atoms with Crippen molar-refractivity contribution in [3.8, 4) is 0 Å². The van der Waals surface area contributed by atoms with Crippen LogP contribution in [-0.4, -0.2) is 51.7 Å². The average molecular weight is 351 g/mol. The van der Waals surface area contributed by atoms with E-state index in [2.05, 4.69) is 28.2 Å². The number of carbonyl (C=O) groups is 1. The largest absolute Gasteiger partial charge is 0.338 e. The molecule has 5 nitrogen and oxygen atoms in total. The van der Waals surface area contributed by atoms with Gasteiger partial charge in [0.25, 0.3) is 5.91 Å². The zero-order chi connectivity index (χ0) is 16.4. The second-order valence-corrected chi connectivity index (χ2v) is 7.85. The minimum atomic E-state index is 0.139. The first-order valence-corrected chi connectivity index (χ1v) is 9.54. The number of hydrogen-bond acceptors (Lipinski definition) is 6. The number of nitrogens with zero attached hydrogens (tertiary/aromatic N) is 4. The van der Waals surface area contributed by atoms with Gasteiger partial charge in [0.1, 0.15) is 0 Å². The summed E-state index contributed by atoms with van der Waals surface area (Å²) < 4.78 is 4.21. The van der Waals surface area contributed by atoms with E-state index in [1.165, 1.54) is 16.4 Å². The molecule has 23 heavy (non-hydrogen) atoms. The van der Waals surface area contributed by atoms with Crippen molar-refractivity contribution in [3.63, 3.8) is 0 Å². The molecule has 2 aromatic heterocycles. The minimum Gasteiger partial charge on any atom is -0.338 e. The van der Waals surface area contributed by atoms with Gasteiger partial charge in [-0.1, -0.05) is 0 Å². The second-order valence-electron chi connectivity index (χ2n) is 6.28. The molecule has 0 bridgehead atoms. The van der Waals surface area contributed by atoms with Crippen molar-refractivity contribution in [2.24, 2.45) is 5.92 Å². The van der Waals surface area contributed by atoms with Gasteiger partial charge in [-0.2, -0.15) is 4.37 Å². The van der Waals surface area contributed by atoms with E-state index in [0.29, 0.717) is 5.92 Å². The highest BCUT2D eigenvalue weighted by atomic mass is 32.1. The molecule has 1 fully saturated rings. The maximum absolute atomic E-state index is 12.5. The Hall–Kier alpha value is -1.31. The number of carbonyl (C=O) groups excluding carboxylic acids is 1. The molecule has 1 aliphatic rings. The monoisotopic (exact) mass is 350 g/mol. The van der Waals surface area contributed by atoms with E-state index in [1.54, 1.807) is 11.3 Å². The normalized spacial score (nSPS) is 18.1. The summed E-state index contributed by atoms with van der Waals surface area (Å²) in [7, 11) is 2.15. The van der Waals surface area contributed by atoms with Crippen LogP contribution in [-0.2, 0) is 6.54 Å². The maximum atomic E-state index is 12.5. The summed E-state index contributed by atoms with van der Waals surface area (Å²) in [6, 6.07) is 0. The van der Waals surface area contributed by atoms with Crippen LogP contribution < -0.4 is 0 Å². The third kappa shape index (κ3) is 3.79. The van der Waals surface area contributed by atoms with Crippen molar-refractivity contribution in [2.75, 3.05) is 26.7 Å². The third-order valence-electron chi connectivity index (χ3n) is 4.38. The molecule has 1 unspecified atom stereocenters. The topological polar surface area (TPSA) is 49.3 Å². The van der Waals surface area contributed by atoms with Gasteiger partial charge in [0.2, 0.25) is 0 Å². The number of hydrogen-bond donors (Lipinski definition) is 0. The fraction of sp³-hybridized carbons (Fsp3) is 0.562. The van der Waals surface area contributed by atoms with Crippen LogP contribution in [0.15, 0.2) is 10.9 Å². The molecule has 124 valence electrons. The van der Waals surface area contributed by atoms with Crippen LogP contribution in [0.4, 0.5) is 0 Å². The van der Waals surface area contributed by atoms with Crippen LogP contribution >= 0.6 is 22.9 Å². The van der Waals surface area contributed by atoms with Gasteiger partial charge in [-0.25, -0.2) is 4.98 Å². The number of aryl methyl sites for hydroxylation is 2. The summed E-state index contributed by atoms with van der Waals surface area (Å²) in [5, 5.41) is 1.86. The number of amides is 1.